The van der Waals surface area contributed by atoms with Crippen molar-refractivity contribution in [2.75, 3.05) is 26.6 Å². The van der Waals surface area contributed by atoms with Crippen molar-refractivity contribution in [3.8, 4) is 0 Å². The molecule has 0 aliphatic heterocycles. The second kappa shape index (κ2) is 21.6. The largest absolute Gasteiger partial charge is 0.459 e. The van der Waals surface area contributed by atoms with E-state index in [0.717, 1.165) is 6.08 Å². The van der Waals surface area contributed by atoms with E-state index in [1.807, 2.05) is 0 Å². The molecular formula is C21H30N4O10. The van der Waals surface area contributed by atoms with Crippen LogP contribution in [-0.4, -0.2) is 75.0 Å². The third-order valence-electron chi connectivity index (χ3n) is 3.52. The molecule has 35 heavy (non-hydrogen) atoms. The van der Waals surface area contributed by atoms with Crippen molar-refractivity contribution in [2.45, 2.75) is 45.8 Å². The number of amides is 2. The number of carbonyl (C=O) groups excluding carboxylic acids is 6. The first-order valence-corrected chi connectivity index (χ1v) is 10.2. The third kappa shape index (κ3) is 20.1. The fourth-order valence-electron chi connectivity index (χ4n) is 1.66. The van der Waals surface area contributed by atoms with Gasteiger partial charge in [-0.05, 0) is 19.8 Å². The van der Waals surface area contributed by atoms with Crippen molar-refractivity contribution >= 4 is 36.3 Å². The highest BCUT2D eigenvalue weighted by molar-refractivity contribution is 5.86. The minimum Gasteiger partial charge on any atom is -0.459 e. The quantitative estimate of drug-likeness (QED) is 0.0885. The van der Waals surface area contributed by atoms with Crippen LogP contribution in [0.1, 0.15) is 33.6 Å². The first kappa shape index (κ1) is 32.9. The fraction of sp³-hybridized carbons (Fsp3) is 0.524. The first-order valence-electron chi connectivity index (χ1n) is 10.2. The van der Waals surface area contributed by atoms with Gasteiger partial charge in [0.1, 0.15) is 25.4 Å². The summed E-state index contributed by atoms with van der Waals surface area (Å²) in [6.45, 7) is 11.1. The van der Waals surface area contributed by atoms with Gasteiger partial charge in [-0.1, -0.05) is 27.0 Å². The number of isocyanates is 2. The van der Waals surface area contributed by atoms with E-state index in [0.29, 0.717) is 12.8 Å². The molecule has 0 aromatic heterocycles. The summed E-state index contributed by atoms with van der Waals surface area (Å²) in [5.41, 5.74) is 0.242. The van der Waals surface area contributed by atoms with Gasteiger partial charge < -0.3 is 29.6 Å². The van der Waals surface area contributed by atoms with Gasteiger partial charge in [0, 0.05) is 11.6 Å². The van der Waals surface area contributed by atoms with Crippen molar-refractivity contribution in [1.29, 1.82) is 0 Å². The molecule has 0 aliphatic carbocycles. The Hall–Kier alpha value is -4.28. The summed E-state index contributed by atoms with van der Waals surface area (Å²) < 4.78 is 19.9. The average Bonchev–Trinajstić information content (AvgIpc) is 2.84. The van der Waals surface area contributed by atoms with Gasteiger partial charge in [0.2, 0.25) is 12.2 Å². The molecule has 0 saturated heterocycles. The summed E-state index contributed by atoms with van der Waals surface area (Å²) in [4.78, 5) is 70.0. The number of aliphatic imine (C=N–C) groups is 2. The smallest absolute Gasteiger partial charge is 0.408 e. The summed E-state index contributed by atoms with van der Waals surface area (Å²) in [5, 5.41) is 4.62. The lowest BCUT2D eigenvalue weighted by atomic mass is 10.3. The SMILES string of the molecule is C=CC(=O)OCC(CC)OC(=O)NCNC(=O)OC(CC)COC(=O)C(=C)C.O=C=NCN=C=O. The van der Waals surface area contributed by atoms with Crippen LogP contribution in [0.25, 0.3) is 0 Å². The van der Waals surface area contributed by atoms with Crippen molar-refractivity contribution in [3.05, 3.63) is 24.8 Å². The molecule has 2 atom stereocenters. The highest BCUT2D eigenvalue weighted by Crippen LogP contribution is 2.02. The lowest BCUT2D eigenvalue weighted by Gasteiger charge is -2.18. The molecule has 14 heteroatoms. The van der Waals surface area contributed by atoms with Crippen LogP contribution >= 0.6 is 0 Å². The van der Waals surface area contributed by atoms with E-state index in [9.17, 15) is 28.8 Å². The van der Waals surface area contributed by atoms with Crippen LogP contribution < -0.4 is 10.6 Å². The molecule has 0 bridgehead atoms. The molecule has 0 rings (SSSR count). The Morgan fingerprint density at radius 2 is 1.37 bits per heavy atom. The number of nitrogens with one attached hydrogen (secondary N) is 2. The fourth-order valence-corrected chi connectivity index (χ4v) is 1.66. The molecule has 0 spiro atoms. The molecule has 194 valence electrons. The van der Waals surface area contributed by atoms with Crippen molar-refractivity contribution < 1.29 is 47.7 Å². The molecule has 0 fully saturated rings. The predicted octanol–water partition coefficient (Wildman–Crippen LogP) is 1.42. The van der Waals surface area contributed by atoms with E-state index < -0.39 is 36.3 Å². The van der Waals surface area contributed by atoms with Gasteiger partial charge in [-0.25, -0.2) is 28.8 Å². The lowest BCUT2D eigenvalue weighted by Crippen LogP contribution is -2.41. The molecule has 0 radical (unpaired) electrons. The number of esters is 2. The minimum atomic E-state index is -0.802. The molecule has 0 heterocycles. The van der Waals surface area contributed by atoms with Crippen LogP contribution in [0.3, 0.4) is 0 Å². The summed E-state index contributed by atoms with van der Waals surface area (Å²) in [6.07, 6.45) is 1.39. The van der Waals surface area contributed by atoms with E-state index in [4.69, 9.17) is 18.9 Å². The summed E-state index contributed by atoms with van der Waals surface area (Å²) in [6, 6.07) is 0. The van der Waals surface area contributed by atoms with Crippen molar-refractivity contribution in [2.24, 2.45) is 9.98 Å². The Labute approximate surface area is 202 Å². The van der Waals surface area contributed by atoms with E-state index >= 15 is 0 Å². The van der Waals surface area contributed by atoms with Crippen LogP contribution in [0.15, 0.2) is 34.8 Å². The number of ether oxygens (including phenoxy) is 4. The second-order valence-electron chi connectivity index (χ2n) is 6.25. The zero-order chi connectivity index (χ0) is 27.1. The molecule has 2 amide bonds. The van der Waals surface area contributed by atoms with Crippen LogP contribution in [0.2, 0.25) is 0 Å². The highest BCUT2D eigenvalue weighted by atomic mass is 16.6. The van der Waals surface area contributed by atoms with Crippen LogP contribution in [0.5, 0.6) is 0 Å². The van der Waals surface area contributed by atoms with E-state index in [2.05, 4.69) is 33.8 Å². The van der Waals surface area contributed by atoms with Gasteiger partial charge in [0.15, 0.2) is 6.67 Å². The van der Waals surface area contributed by atoms with E-state index in [1.54, 1.807) is 13.8 Å². The molecule has 0 aromatic rings. The Kier molecular flexibility index (Phi) is 20.3. The number of hydrogen-bond acceptors (Lipinski definition) is 12. The van der Waals surface area contributed by atoms with Gasteiger partial charge in [-0.2, -0.15) is 9.98 Å². The average molecular weight is 498 g/mol. The van der Waals surface area contributed by atoms with Crippen LogP contribution in [0, 0.1) is 0 Å². The normalized spacial score (nSPS) is 10.7. The summed E-state index contributed by atoms with van der Waals surface area (Å²) in [7, 11) is 0. The van der Waals surface area contributed by atoms with Gasteiger partial charge in [0.05, 0.1) is 6.67 Å². The number of alkyl carbamates (subject to hydrolysis) is 2. The number of nitrogens with zero attached hydrogens (tertiary/aromatic N) is 2. The second-order valence-corrected chi connectivity index (χ2v) is 6.25. The van der Waals surface area contributed by atoms with Gasteiger partial charge >= 0.3 is 24.1 Å². The molecular weight excluding hydrogens is 468 g/mol. The van der Waals surface area contributed by atoms with Crippen LogP contribution in [-0.2, 0) is 38.1 Å². The standard InChI is InChI=1S/C18H28N2O8.C3H2N2O2/c1-6-13(9-25-15(21)8-3)27-17(23)19-11-20-18(24)28-14(7-2)10-26-16(22)12(4)5;6-2-4-1-5-3-7/h8,13-14H,3-4,6-7,9-11H2,1-2,5H3,(H,19,23)(H,20,24);1H2. The lowest BCUT2D eigenvalue weighted by molar-refractivity contribution is -0.142. The Morgan fingerprint density at radius 3 is 1.74 bits per heavy atom. The summed E-state index contributed by atoms with van der Waals surface area (Å²) in [5.74, 6) is -1.19. The zero-order valence-electron chi connectivity index (χ0n) is 19.9. The maximum atomic E-state index is 11.7. The highest BCUT2D eigenvalue weighted by Gasteiger charge is 2.17. The Balaban J connectivity index is 0. The van der Waals surface area contributed by atoms with Crippen molar-refractivity contribution in [1.82, 2.24) is 10.6 Å². The van der Waals surface area contributed by atoms with Gasteiger partial charge in [-0.15, -0.1) is 0 Å². The number of hydrogen-bond donors (Lipinski definition) is 2. The Bertz CT molecular complexity index is 801. The Morgan fingerprint density at radius 1 is 0.914 bits per heavy atom. The first-order chi connectivity index (χ1) is 16.6. The van der Waals surface area contributed by atoms with E-state index in [1.165, 1.54) is 19.1 Å². The van der Waals surface area contributed by atoms with Crippen molar-refractivity contribution in [3.63, 3.8) is 0 Å². The molecule has 0 aromatic carbocycles. The minimum absolute atomic E-state index is 0.104. The summed E-state index contributed by atoms with van der Waals surface area (Å²) >= 11 is 0. The number of carbonyl (C=O) groups is 4. The number of rotatable bonds is 14. The molecule has 14 nitrogen and oxygen atoms in total. The van der Waals surface area contributed by atoms with E-state index in [-0.39, 0.29) is 32.1 Å². The topological polar surface area (TPSA) is 188 Å². The predicted molar refractivity (Wildman–Crippen MR) is 120 cm³/mol. The van der Waals surface area contributed by atoms with Gasteiger partial charge in [0.25, 0.3) is 0 Å². The molecule has 0 aliphatic rings. The third-order valence-corrected chi connectivity index (χ3v) is 3.52. The molecule has 2 unspecified atom stereocenters. The molecule has 2 N–H and O–H groups in total. The van der Waals surface area contributed by atoms with Crippen LogP contribution in [0.4, 0.5) is 9.59 Å². The molecule has 0 saturated carbocycles. The maximum absolute atomic E-state index is 11.7. The monoisotopic (exact) mass is 498 g/mol. The van der Waals surface area contributed by atoms with Gasteiger partial charge in [-0.3, -0.25) is 0 Å². The zero-order valence-corrected chi connectivity index (χ0v) is 19.9. The maximum Gasteiger partial charge on any atom is 0.408 e.